The van der Waals surface area contributed by atoms with Crippen LogP contribution in [0.1, 0.15) is 0 Å². The zero-order chi connectivity index (χ0) is 11.0. The molecule has 2 aromatic heterocycles. The monoisotopic (exact) mass is 412 g/mol. The first kappa shape index (κ1) is 11.5. The summed E-state index contributed by atoms with van der Waals surface area (Å²) in [6.45, 7) is 0. The van der Waals surface area contributed by atoms with Gasteiger partial charge in [0.15, 0.2) is 0 Å². The molecule has 78 valence electrons. The molecule has 0 amide bonds. The normalized spacial score (nSPS) is 10.6. The van der Waals surface area contributed by atoms with Crippen molar-refractivity contribution in [2.75, 3.05) is 0 Å². The van der Waals surface area contributed by atoms with Crippen LogP contribution in [0.25, 0.3) is 10.7 Å². The molecular formula is C8H3Br3N2OS. The molecular weight excluding hydrogens is 412 g/mol. The molecule has 2 rings (SSSR count). The van der Waals surface area contributed by atoms with Gasteiger partial charge in [0, 0.05) is 10.7 Å². The molecule has 0 atom stereocenters. The van der Waals surface area contributed by atoms with Crippen LogP contribution in [0.2, 0.25) is 0 Å². The van der Waals surface area contributed by atoms with E-state index in [1.165, 1.54) is 17.5 Å². The van der Waals surface area contributed by atoms with Crippen molar-refractivity contribution < 1.29 is 0 Å². The Kier molecular flexibility index (Phi) is 3.44. The van der Waals surface area contributed by atoms with Crippen molar-refractivity contribution in [2.45, 2.75) is 0 Å². The van der Waals surface area contributed by atoms with Crippen molar-refractivity contribution in [1.82, 2.24) is 9.97 Å². The molecule has 1 N–H and O–H groups in total. The number of nitrogens with one attached hydrogen (secondary N) is 1. The second-order valence-corrected chi connectivity index (χ2v) is 6.72. The summed E-state index contributed by atoms with van der Waals surface area (Å²) in [5.41, 5.74) is -0.180. The zero-order valence-electron chi connectivity index (χ0n) is 7.05. The van der Waals surface area contributed by atoms with Crippen LogP contribution >= 0.6 is 59.1 Å². The lowest BCUT2D eigenvalue weighted by molar-refractivity contribution is 1.12. The quantitative estimate of drug-likeness (QED) is 0.771. The Hall–Kier alpha value is 0.0200. The fourth-order valence-electron chi connectivity index (χ4n) is 0.968. The van der Waals surface area contributed by atoms with Crippen molar-refractivity contribution >= 4 is 59.1 Å². The number of nitrogens with zero attached hydrogens (tertiary/aromatic N) is 1. The van der Waals surface area contributed by atoms with Crippen molar-refractivity contribution in [2.24, 2.45) is 0 Å². The minimum Gasteiger partial charge on any atom is -0.305 e. The third kappa shape index (κ3) is 2.41. The van der Waals surface area contributed by atoms with Gasteiger partial charge in [-0.25, -0.2) is 4.98 Å². The number of H-pyrrole nitrogens is 1. The summed E-state index contributed by atoms with van der Waals surface area (Å²) in [5, 5.41) is 0. The first-order valence-electron chi connectivity index (χ1n) is 3.78. The van der Waals surface area contributed by atoms with E-state index in [-0.39, 0.29) is 5.56 Å². The molecule has 15 heavy (non-hydrogen) atoms. The highest BCUT2D eigenvalue weighted by Gasteiger charge is 2.08. The smallest absolute Gasteiger partial charge is 0.265 e. The van der Waals surface area contributed by atoms with E-state index >= 15 is 0 Å². The van der Waals surface area contributed by atoms with E-state index in [1.807, 2.05) is 6.07 Å². The fourth-order valence-corrected chi connectivity index (χ4v) is 3.16. The van der Waals surface area contributed by atoms with Gasteiger partial charge in [0.25, 0.3) is 5.56 Å². The van der Waals surface area contributed by atoms with E-state index in [2.05, 4.69) is 57.8 Å². The molecule has 0 aliphatic carbocycles. The lowest BCUT2D eigenvalue weighted by atomic mass is 10.4. The van der Waals surface area contributed by atoms with E-state index in [4.69, 9.17) is 0 Å². The summed E-state index contributed by atoms with van der Waals surface area (Å²) < 4.78 is 2.36. The van der Waals surface area contributed by atoms with Crippen molar-refractivity contribution in [3.63, 3.8) is 0 Å². The maximum atomic E-state index is 11.3. The van der Waals surface area contributed by atoms with E-state index in [1.54, 1.807) is 0 Å². The fraction of sp³-hybridized carbons (Fsp3) is 0. The summed E-state index contributed by atoms with van der Waals surface area (Å²) in [6.07, 6.45) is 1.50. The highest BCUT2D eigenvalue weighted by Crippen LogP contribution is 2.36. The molecule has 0 saturated heterocycles. The van der Waals surface area contributed by atoms with Gasteiger partial charge in [-0.05, 0) is 53.9 Å². The Morgan fingerprint density at radius 1 is 1.27 bits per heavy atom. The number of aromatic amines is 1. The number of halogens is 3. The first-order valence-corrected chi connectivity index (χ1v) is 6.97. The predicted molar refractivity (Wildman–Crippen MR) is 71.3 cm³/mol. The Balaban J connectivity index is 2.54. The van der Waals surface area contributed by atoms with Crippen LogP contribution in [0, 0.1) is 0 Å². The topological polar surface area (TPSA) is 45.8 Å². The van der Waals surface area contributed by atoms with E-state index in [9.17, 15) is 4.79 Å². The molecule has 0 saturated carbocycles. The zero-order valence-corrected chi connectivity index (χ0v) is 12.6. The summed E-state index contributed by atoms with van der Waals surface area (Å²) in [4.78, 5) is 19.1. The van der Waals surface area contributed by atoms with Crippen molar-refractivity contribution in [3.8, 4) is 10.7 Å². The number of hydrogen-bond acceptors (Lipinski definition) is 3. The van der Waals surface area contributed by atoms with Crippen molar-refractivity contribution in [3.05, 3.63) is 35.3 Å². The van der Waals surface area contributed by atoms with Gasteiger partial charge in [0.05, 0.1) is 8.66 Å². The van der Waals surface area contributed by atoms with Gasteiger partial charge in [-0.2, -0.15) is 0 Å². The Labute approximate surface area is 114 Å². The van der Waals surface area contributed by atoms with Gasteiger partial charge in [0.2, 0.25) is 0 Å². The highest BCUT2D eigenvalue weighted by atomic mass is 79.9. The van der Waals surface area contributed by atoms with Crippen LogP contribution in [0.5, 0.6) is 0 Å². The summed E-state index contributed by atoms with van der Waals surface area (Å²) in [6, 6.07) is 1.90. The van der Waals surface area contributed by atoms with Crippen LogP contribution in [-0.2, 0) is 0 Å². The molecule has 0 spiro atoms. The number of aromatic nitrogens is 2. The molecule has 2 heterocycles. The molecule has 0 unspecified atom stereocenters. The standard InChI is InChI=1S/C8H3Br3N2OS/c9-3-1-5(15-6(3)11)7-12-2-4(10)8(14)13-7/h1-2H,(H,12,13,14). The van der Waals surface area contributed by atoms with Gasteiger partial charge in [-0.15, -0.1) is 11.3 Å². The maximum Gasteiger partial charge on any atom is 0.265 e. The molecule has 0 radical (unpaired) electrons. The number of thiophene rings is 1. The van der Waals surface area contributed by atoms with E-state index < -0.39 is 0 Å². The maximum absolute atomic E-state index is 11.3. The summed E-state index contributed by atoms with van der Waals surface area (Å²) in [7, 11) is 0. The Morgan fingerprint density at radius 3 is 2.53 bits per heavy atom. The second-order valence-electron chi connectivity index (χ2n) is 2.64. The van der Waals surface area contributed by atoms with Gasteiger partial charge < -0.3 is 4.98 Å². The van der Waals surface area contributed by atoms with Gasteiger partial charge in [0.1, 0.15) is 10.3 Å². The number of rotatable bonds is 1. The van der Waals surface area contributed by atoms with Gasteiger partial charge >= 0.3 is 0 Å². The minimum absolute atomic E-state index is 0.180. The molecule has 2 aromatic rings. The summed E-state index contributed by atoms with van der Waals surface area (Å²) in [5.74, 6) is 0.569. The van der Waals surface area contributed by atoms with Crippen LogP contribution in [0.4, 0.5) is 0 Å². The van der Waals surface area contributed by atoms with Gasteiger partial charge in [-0.3, -0.25) is 4.79 Å². The third-order valence-corrected chi connectivity index (χ3v) is 5.46. The molecule has 0 aromatic carbocycles. The number of hydrogen-bond donors (Lipinski definition) is 1. The lowest BCUT2D eigenvalue weighted by Gasteiger charge is -1.95. The average Bonchev–Trinajstić information content (AvgIpc) is 2.52. The molecule has 7 heteroatoms. The van der Waals surface area contributed by atoms with E-state index in [0.29, 0.717) is 10.3 Å². The summed E-state index contributed by atoms with van der Waals surface area (Å²) >= 11 is 11.4. The second kappa shape index (κ2) is 4.48. The molecule has 3 nitrogen and oxygen atoms in total. The average molecular weight is 415 g/mol. The first-order chi connectivity index (χ1) is 7.08. The van der Waals surface area contributed by atoms with Crippen LogP contribution in [-0.4, -0.2) is 9.97 Å². The lowest BCUT2D eigenvalue weighted by Crippen LogP contribution is -2.08. The molecule has 0 fully saturated rings. The van der Waals surface area contributed by atoms with Crippen molar-refractivity contribution in [1.29, 1.82) is 0 Å². The van der Waals surface area contributed by atoms with Gasteiger partial charge in [-0.1, -0.05) is 0 Å². The van der Waals surface area contributed by atoms with Crippen LogP contribution < -0.4 is 5.56 Å². The Morgan fingerprint density at radius 2 is 2.00 bits per heavy atom. The van der Waals surface area contributed by atoms with Crippen LogP contribution in [0.15, 0.2) is 29.8 Å². The Bertz CT molecular complexity index is 544. The molecule has 0 bridgehead atoms. The minimum atomic E-state index is -0.180. The highest BCUT2D eigenvalue weighted by molar-refractivity contribution is 9.13. The molecule has 0 aliphatic rings. The third-order valence-electron chi connectivity index (χ3n) is 1.63. The molecule has 0 aliphatic heterocycles. The van der Waals surface area contributed by atoms with E-state index in [0.717, 1.165) is 13.1 Å². The largest absolute Gasteiger partial charge is 0.305 e. The SMILES string of the molecule is O=c1[nH]c(-c2cc(Br)c(Br)s2)ncc1Br. The van der Waals surface area contributed by atoms with Crippen LogP contribution in [0.3, 0.4) is 0 Å². The predicted octanol–water partition coefficient (Wildman–Crippen LogP) is 3.79.